The van der Waals surface area contributed by atoms with E-state index in [0.29, 0.717) is 6.04 Å². The Labute approximate surface area is 104 Å². The summed E-state index contributed by atoms with van der Waals surface area (Å²) in [6, 6.07) is 0.610. The molecule has 2 rings (SSSR count). The van der Waals surface area contributed by atoms with E-state index in [1.54, 1.807) is 0 Å². The van der Waals surface area contributed by atoms with Crippen molar-refractivity contribution in [1.82, 2.24) is 9.80 Å². The molecule has 0 amide bonds. The topological polar surface area (TPSA) is 43.8 Å². The monoisotopic (exact) mass is 240 g/mol. The molecule has 1 unspecified atom stereocenters. The largest absolute Gasteiger partial charge is 0.481 e. The van der Waals surface area contributed by atoms with Gasteiger partial charge in [-0.2, -0.15) is 0 Å². The van der Waals surface area contributed by atoms with E-state index in [2.05, 4.69) is 16.8 Å². The van der Waals surface area contributed by atoms with Crippen LogP contribution in [0.5, 0.6) is 0 Å². The molecule has 4 nitrogen and oxygen atoms in total. The van der Waals surface area contributed by atoms with Crippen molar-refractivity contribution in [3.63, 3.8) is 0 Å². The van der Waals surface area contributed by atoms with Crippen molar-refractivity contribution < 1.29 is 9.90 Å². The summed E-state index contributed by atoms with van der Waals surface area (Å²) in [5, 5.41) is 9.39. The van der Waals surface area contributed by atoms with E-state index in [1.807, 2.05) is 6.92 Å². The molecule has 2 saturated heterocycles. The minimum Gasteiger partial charge on any atom is -0.481 e. The van der Waals surface area contributed by atoms with Crippen molar-refractivity contribution in [3.05, 3.63) is 0 Å². The second-order valence-electron chi connectivity index (χ2n) is 5.69. The van der Waals surface area contributed by atoms with Crippen molar-refractivity contribution in [2.45, 2.75) is 38.6 Å². The molecule has 17 heavy (non-hydrogen) atoms. The second kappa shape index (κ2) is 4.94. The molecule has 0 saturated carbocycles. The van der Waals surface area contributed by atoms with Crippen LogP contribution in [0.25, 0.3) is 0 Å². The molecule has 2 heterocycles. The average molecular weight is 240 g/mol. The number of carbonyl (C=O) groups is 1. The zero-order valence-electron chi connectivity index (χ0n) is 11.0. The quantitative estimate of drug-likeness (QED) is 0.807. The molecule has 0 radical (unpaired) electrons. The molecule has 0 aromatic heterocycles. The van der Waals surface area contributed by atoms with E-state index < -0.39 is 11.4 Å². The van der Waals surface area contributed by atoms with E-state index in [1.165, 1.54) is 12.8 Å². The summed E-state index contributed by atoms with van der Waals surface area (Å²) in [5.74, 6) is -0.601. The molecular formula is C13H24N2O2. The van der Waals surface area contributed by atoms with Crippen LogP contribution in [-0.2, 0) is 4.79 Å². The van der Waals surface area contributed by atoms with Crippen LogP contribution in [0.15, 0.2) is 0 Å². The lowest BCUT2D eigenvalue weighted by Crippen LogP contribution is -2.44. The van der Waals surface area contributed by atoms with Crippen LogP contribution >= 0.6 is 0 Å². The Morgan fingerprint density at radius 3 is 2.47 bits per heavy atom. The van der Waals surface area contributed by atoms with Gasteiger partial charge in [-0.25, -0.2) is 0 Å². The summed E-state index contributed by atoms with van der Waals surface area (Å²) in [4.78, 5) is 16.2. The predicted molar refractivity (Wildman–Crippen MR) is 67.1 cm³/mol. The number of aliphatic carboxylic acids is 1. The number of carboxylic acid groups (broad SMARTS) is 1. The lowest BCUT2D eigenvalue weighted by Gasteiger charge is -2.35. The van der Waals surface area contributed by atoms with Crippen LogP contribution in [0, 0.1) is 5.41 Å². The lowest BCUT2D eigenvalue weighted by molar-refractivity contribution is -0.148. The normalized spacial score (nSPS) is 33.1. The van der Waals surface area contributed by atoms with Gasteiger partial charge < -0.3 is 10.0 Å². The molecule has 1 N–H and O–H groups in total. The molecule has 0 spiro atoms. The molecule has 4 heteroatoms. The molecule has 1 atom stereocenters. The molecular weight excluding hydrogens is 216 g/mol. The van der Waals surface area contributed by atoms with E-state index in [9.17, 15) is 9.90 Å². The van der Waals surface area contributed by atoms with Crippen molar-refractivity contribution >= 4 is 5.97 Å². The highest BCUT2D eigenvalue weighted by atomic mass is 16.4. The van der Waals surface area contributed by atoms with Crippen LogP contribution in [0.2, 0.25) is 0 Å². The number of piperidine rings is 1. The summed E-state index contributed by atoms with van der Waals surface area (Å²) in [6.07, 6.45) is 3.96. The van der Waals surface area contributed by atoms with Gasteiger partial charge in [-0.15, -0.1) is 0 Å². The number of hydrogen-bond acceptors (Lipinski definition) is 3. The Bertz CT molecular complexity index is 287. The van der Waals surface area contributed by atoms with Crippen LogP contribution in [0.3, 0.4) is 0 Å². The van der Waals surface area contributed by atoms with Gasteiger partial charge in [0.1, 0.15) is 0 Å². The fourth-order valence-electron chi connectivity index (χ4n) is 3.19. The van der Waals surface area contributed by atoms with Crippen LogP contribution in [0.1, 0.15) is 32.6 Å². The van der Waals surface area contributed by atoms with Gasteiger partial charge in [0.2, 0.25) is 0 Å². The van der Waals surface area contributed by atoms with Gasteiger partial charge in [0, 0.05) is 12.6 Å². The lowest BCUT2D eigenvalue weighted by atomic mass is 9.84. The maximum atomic E-state index is 11.4. The molecule has 98 valence electrons. The zero-order chi connectivity index (χ0) is 12.5. The fraction of sp³-hybridized carbons (Fsp3) is 0.923. The molecule has 0 bridgehead atoms. The molecule has 2 aliphatic heterocycles. The second-order valence-corrected chi connectivity index (χ2v) is 5.69. The van der Waals surface area contributed by atoms with Crippen LogP contribution in [0.4, 0.5) is 0 Å². The Hall–Kier alpha value is -0.610. The SMILES string of the molecule is CCC1(C(=O)O)CCN(C2CCN(C)CC2)C1. The maximum Gasteiger partial charge on any atom is 0.310 e. The van der Waals surface area contributed by atoms with E-state index in [-0.39, 0.29) is 0 Å². The number of carboxylic acids is 1. The minimum atomic E-state index is -0.601. The van der Waals surface area contributed by atoms with Crippen molar-refractivity contribution in [2.24, 2.45) is 5.41 Å². The highest BCUT2D eigenvalue weighted by Crippen LogP contribution is 2.36. The van der Waals surface area contributed by atoms with E-state index >= 15 is 0 Å². The smallest absolute Gasteiger partial charge is 0.310 e. The molecule has 0 aromatic rings. The first-order valence-corrected chi connectivity index (χ1v) is 6.73. The summed E-state index contributed by atoms with van der Waals surface area (Å²) < 4.78 is 0. The minimum absolute atomic E-state index is 0.469. The van der Waals surface area contributed by atoms with Crippen LogP contribution in [-0.4, -0.2) is 60.1 Å². The molecule has 2 aliphatic rings. The first-order valence-electron chi connectivity index (χ1n) is 6.73. The third-order valence-electron chi connectivity index (χ3n) is 4.72. The standard InChI is InChI=1S/C13H24N2O2/c1-3-13(12(16)17)6-9-15(10-13)11-4-7-14(2)8-5-11/h11H,3-10H2,1-2H3,(H,16,17). The van der Waals surface area contributed by atoms with Gasteiger partial charge >= 0.3 is 5.97 Å². The number of likely N-dealkylation sites (tertiary alicyclic amines) is 2. The summed E-state index contributed by atoms with van der Waals surface area (Å²) in [6.45, 7) is 6.02. The Balaban J connectivity index is 1.95. The van der Waals surface area contributed by atoms with Gasteiger partial charge in [0.15, 0.2) is 0 Å². The van der Waals surface area contributed by atoms with Gasteiger partial charge in [0.25, 0.3) is 0 Å². The molecule has 2 fully saturated rings. The van der Waals surface area contributed by atoms with E-state index in [4.69, 9.17) is 0 Å². The molecule has 0 aliphatic carbocycles. The molecule has 0 aromatic carbocycles. The highest BCUT2D eigenvalue weighted by Gasteiger charge is 2.45. The first-order chi connectivity index (χ1) is 8.07. The first kappa shape index (κ1) is 12.8. The fourth-order valence-corrected chi connectivity index (χ4v) is 3.19. The third-order valence-corrected chi connectivity index (χ3v) is 4.72. The number of rotatable bonds is 3. The van der Waals surface area contributed by atoms with Crippen molar-refractivity contribution in [2.75, 3.05) is 33.2 Å². The highest BCUT2D eigenvalue weighted by molar-refractivity contribution is 5.75. The Kier molecular flexibility index (Phi) is 3.73. The van der Waals surface area contributed by atoms with Gasteiger partial charge in [-0.3, -0.25) is 9.69 Å². The Morgan fingerprint density at radius 1 is 1.35 bits per heavy atom. The van der Waals surface area contributed by atoms with E-state index in [0.717, 1.165) is 39.0 Å². The van der Waals surface area contributed by atoms with Gasteiger partial charge in [-0.1, -0.05) is 6.92 Å². The summed E-state index contributed by atoms with van der Waals surface area (Å²) >= 11 is 0. The van der Waals surface area contributed by atoms with Gasteiger partial charge in [-0.05, 0) is 52.4 Å². The number of nitrogens with zero attached hydrogens (tertiary/aromatic N) is 2. The summed E-state index contributed by atoms with van der Waals surface area (Å²) in [5.41, 5.74) is -0.469. The Morgan fingerprint density at radius 2 is 2.00 bits per heavy atom. The van der Waals surface area contributed by atoms with Crippen LogP contribution < -0.4 is 0 Å². The summed E-state index contributed by atoms with van der Waals surface area (Å²) in [7, 11) is 2.16. The van der Waals surface area contributed by atoms with Crippen molar-refractivity contribution in [3.8, 4) is 0 Å². The predicted octanol–water partition coefficient (Wildman–Crippen LogP) is 1.27. The van der Waals surface area contributed by atoms with Gasteiger partial charge in [0.05, 0.1) is 5.41 Å². The third kappa shape index (κ3) is 2.47. The zero-order valence-corrected chi connectivity index (χ0v) is 11.0. The maximum absolute atomic E-state index is 11.4. The van der Waals surface area contributed by atoms with Crippen molar-refractivity contribution in [1.29, 1.82) is 0 Å². The number of hydrogen-bond donors (Lipinski definition) is 1. The average Bonchev–Trinajstić information content (AvgIpc) is 2.75.